The van der Waals surface area contributed by atoms with Crippen LogP contribution >= 0.6 is 0 Å². The molecule has 4 N–H and O–H groups in total. The zero-order valence-electron chi connectivity index (χ0n) is 11.9. The van der Waals surface area contributed by atoms with E-state index in [1.807, 2.05) is 0 Å². The lowest BCUT2D eigenvalue weighted by atomic mass is 10.1. The minimum Gasteiger partial charge on any atom is -0.481 e. The third-order valence-corrected chi connectivity index (χ3v) is 3.83. The first-order valence-electron chi connectivity index (χ1n) is 6.33. The first kappa shape index (κ1) is 17.2. The van der Waals surface area contributed by atoms with E-state index in [2.05, 4.69) is 5.32 Å². The number of rotatable bonds is 7. The van der Waals surface area contributed by atoms with Crippen LogP contribution in [0.4, 0.5) is 0 Å². The summed E-state index contributed by atoms with van der Waals surface area (Å²) in [5.41, 5.74) is 0.170. The molecule has 1 aromatic heterocycles. The fourth-order valence-electron chi connectivity index (χ4n) is 1.84. The van der Waals surface area contributed by atoms with Crippen LogP contribution in [0.1, 0.15) is 36.7 Å². The molecule has 0 saturated heterocycles. The van der Waals surface area contributed by atoms with Crippen LogP contribution < -0.4 is 10.5 Å². The van der Waals surface area contributed by atoms with E-state index in [0.717, 1.165) is 0 Å². The lowest BCUT2D eigenvalue weighted by Gasteiger charge is -2.13. The molecule has 0 radical (unpaired) electrons. The maximum Gasteiger partial charge on any atom is 0.303 e. The highest BCUT2D eigenvalue weighted by Gasteiger charge is 2.18. The Labute approximate surface area is 123 Å². The van der Waals surface area contributed by atoms with Crippen molar-refractivity contribution >= 4 is 21.9 Å². The average Bonchev–Trinajstić information content (AvgIpc) is 2.70. The van der Waals surface area contributed by atoms with E-state index in [1.54, 1.807) is 14.0 Å². The van der Waals surface area contributed by atoms with Crippen molar-refractivity contribution in [2.24, 2.45) is 12.2 Å². The van der Waals surface area contributed by atoms with E-state index in [-0.39, 0.29) is 23.1 Å². The van der Waals surface area contributed by atoms with Crippen LogP contribution in [0.25, 0.3) is 0 Å². The predicted molar refractivity (Wildman–Crippen MR) is 75.2 cm³/mol. The fourth-order valence-corrected chi connectivity index (χ4v) is 2.43. The number of nitrogens with one attached hydrogen (secondary N) is 1. The number of carboxylic acid groups (broad SMARTS) is 1. The standard InChI is InChI=1S/C12H19N3O5S/c1-8(4-3-5-11(16)17)14-12(18)10-6-9(7-15(10)2)21(13,19)20/h6-8H,3-5H2,1-2H3,(H,14,18)(H,16,17)(H2,13,19,20). The van der Waals surface area contributed by atoms with E-state index in [9.17, 15) is 18.0 Å². The summed E-state index contributed by atoms with van der Waals surface area (Å²) in [6.07, 6.45) is 2.27. The molecule has 0 saturated carbocycles. The Bertz CT molecular complexity index is 635. The van der Waals surface area contributed by atoms with Gasteiger partial charge in [0.15, 0.2) is 0 Å². The van der Waals surface area contributed by atoms with Crippen LogP contribution in [-0.2, 0) is 21.9 Å². The van der Waals surface area contributed by atoms with Crippen molar-refractivity contribution in [3.63, 3.8) is 0 Å². The van der Waals surface area contributed by atoms with Crippen molar-refractivity contribution < 1.29 is 23.1 Å². The number of hydrogen-bond acceptors (Lipinski definition) is 4. The maximum absolute atomic E-state index is 12.0. The number of hydrogen-bond donors (Lipinski definition) is 3. The number of carboxylic acids is 1. The average molecular weight is 317 g/mol. The van der Waals surface area contributed by atoms with Crippen LogP contribution in [0.15, 0.2) is 17.2 Å². The maximum atomic E-state index is 12.0. The number of nitrogens with two attached hydrogens (primary N) is 1. The van der Waals surface area contributed by atoms with Crippen LogP contribution in [0.5, 0.6) is 0 Å². The van der Waals surface area contributed by atoms with Gasteiger partial charge in [-0.1, -0.05) is 0 Å². The first-order chi connectivity index (χ1) is 9.61. The first-order valence-corrected chi connectivity index (χ1v) is 7.87. The van der Waals surface area contributed by atoms with Gasteiger partial charge in [0.1, 0.15) is 10.6 Å². The van der Waals surface area contributed by atoms with Gasteiger partial charge in [0.05, 0.1) is 0 Å². The number of nitrogens with zero attached hydrogens (tertiary/aromatic N) is 1. The second-order valence-corrected chi connectivity index (χ2v) is 6.44. The summed E-state index contributed by atoms with van der Waals surface area (Å²) >= 11 is 0. The largest absolute Gasteiger partial charge is 0.481 e. The van der Waals surface area contributed by atoms with E-state index < -0.39 is 21.9 Å². The van der Waals surface area contributed by atoms with Crippen molar-refractivity contribution in [3.8, 4) is 0 Å². The number of amides is 1. The van der Waals surface area contributed by atoms with Crippen LogP contribution in [0.2, 0.25) is 0 Å². The lowest BCUT2D eigenvalue weighted by Crippen LogP contribution is -2.33. The molecule has 0 fully saturated rings. The van der Waals surface area contributed by atoms with Gasteiger partial charge >= 0.3 is 5.97 Å². The third-order valence-electron chi connectivity index (χ3n) is 2.95. The van der Waals surface area contributed by atoms with Gasteiger partial charge in [-0.3, -0.25) is 9.59 Å². The van der Waals surface area contributed by atoms with E-state index in [1.165, 1.54) is 16.8 Å². The normalized spacial score (nSPS) is 12.9. The molecule has 1 atom stereocenters. The Hall–Kier alpha value is -1.87. The zero-order valence-corrected chi connectivity index (χ0v) is 12.7. The van der Waals surface area contributed by atoms with Gasteiger partial charge < -0.3 is 15.0 Å². The molecule has 0 aliphatic heterocycles. The predicted octanol–water partition coefficient (Wildman–Crippen LogP) is 0.0457. The molecule has 1 amide bonds. The highest BCUT2D eigenvalue weighted by molar-refractivity contribution is 7.89. The summed E-state index contributed by atoms with van der Waals surface area (Å²) in [5, 5.41) is 16.2. The molecular weight excluding hydrogens is 298 g/mol. The number of sulfonamides is 1. The summed E-state index contributed by atoms with van der Waals surface area (Å²) < 4.78 is 23.8. The van der Waals surface area contributed by atoms with E-state index >= 15 is 0 Å². The summed E-state index contributed by atoms with van der Waals surface area (Å²) in [6.45, 7) is 1.75. The minimum absolute atomic E-state index is 0.0416. The molecule has 0 spiro atoms. The van der Waals surface area contributed by atoms with Crippen LogP contribution in [0, 0.1) is 0 Å². The number of aryl methyl sites for hydroxylation is 1. The Balaban J connectivity index is 2.68. The molecule has 0 aliphatic rings. The number of carbonyl (C=O) groups is 2. The monoisotopic (exact) mass is 317 g/mol. The molecular formula is C12H19N3O5S. The fraction of sp³-hybridized carbons (Fsp3) is 0.500. The number of aliphatic carboxylic acids is 1. The number of carbonyl (C=O) groups excluding carboxylic acids is 1. The molecule has 9 heteroatoms. The van der Waals surface area contributed by atoms with Gasteiger partial charge in [-0.2, -0.15) is 0 Å². The molecule has 1 unspecified atom stereocenters. The Kier molecular flexibility index (Phi) is 5.50. The smallest absolute Gasteiger partial charge is 0.303 e. The summed E-state index contributed by atoms with van der Waals surface area (Å²) in [5.74, 6) is -1.32. The molecule has 0 aromatic carbocycles. The van der Waals surface area contributed by atoms with Crippen molar-refractivity contribution in [3.05, 3.63) is 18.0 Å². The van der Waals surface area contributed by atoms with Gasteiger partial charge in [-0.05, 0) is 25.8 Å². The van der Waals surface area contributed by atoms with Gasteiger partial charge in [0.25, 0.3) is 5.91 Å². The quantitative estimate of drug-likeness (QED) is 0.653. The molecule has 118 valence electrons. The Morgan fingerprint density at radius 1 is 1.48 bits per heavy atom. The second kappa shape index (κ2) is 6.72. The second-order valence-electron chi connectivity index (χ2n) is 4.88. The molecule has 1 heterocycles. The molecule has 0 aliphatic carbocycles. The Morgan fingerprint density at radius 3 is 2.57 bits per heavy atom. The van der Waals surface area contributed by atoms with Gasteiger partial charge in [-0.15, -0.1) is 0 Å². The van der Waals surface area contributed by atoms with Gasteiger partial charge in [0, 0.05) is 25.7 Å². The van der Waals surface area contributed by atoms with Crippen molar-refractivity contribution in [1.82, 2.24) is 9.88 Å². The minimum atomic E-state index is -3.86. The molecule has 21 heavy (non-hydrogen) atoms. The number of primary sulfonamides is 1. The molecule has 1 rings (SSSR count). The molecule has 1 aromatic rings. The summed E-state index contributed by atoms with van der Waals surface area (Å²) in [6, 6.07) is 0.985. The SMILES string of the molecule is CC(CCCC(=O)O)NC(=O)c1cc(S(N)(=O)=O)cn1C. The van der Waals surface area contributed by atoms with E-state index in [4.69, 9.17) is 10.2 Å². The van der Waals surface area contributed by atoms with Gasteiger partial charge in [0.2, 0.25) is 10.0 Å². The molecule has 8 nitrogen and oxygen atoms in total. The van der Waals surface area contributed by atoms with Crippen LogP contribution in [0.3, 0.4) is 0 Å². The highest BCUT2D eigenvalue weighted by atomic mass is 32.2. The Morgan fingerprint density at radius 2 is 2.10 bits per heavy atom. The number of aromatic nitrogens is 1. The third kappa shape index (κ3) is 5.20. The van der Waals surface area contributed by atoms with Crippen LogP contribution in [-0.4, -0.2) is 36.0 Å². The van der Waals surface area contributed by atoms with Gasteiger partial charge in [-0.25, -0.2) is 13.6 Å². The summed E-state index contributed by atoms with van der Waals surface area (Å²) in [7, 11) is -2.32. The summed E-state index contributed by atoms with van der Waals surface area (Å²) in [4.78, 5) is 22.3. The zero-order chi connectivity index (χ0) is 16.2. The van der Waals surface area contributed by atoms with Crippen molar-refractivity contribution in [2.75, 3.05) is 0 Å². The lowest BCUT2D eigenvalue weighted by molar-refractivity contribution is -0.137. The molecule has 0 bridgehead atoms. The van der Waals surface area contributed by atoms with Crippen molar-refractivity contribution in [2.45, 2.75) is 37.1 Å². The topological polar surface area (TPSA) is 131 Å². The van der Waals surface area contributed by atoms with E-state index in [0.29, 0.717) is 12.8 Å². The van der Waals surface area contributed by atoms with Crippen molar-refractivity contribution in [1.29, 1.82) is 0 Å². The highest BCUT2D eigenvalue weighted by Crippen LogP contribution is 2.12.